The average Bonchev–Trinajstić information content (AvgIpc) is 3.39. The molecule has 0 aliphatic carbocycles. The van der Waals surface area contributed by atoms with Gasteiger partial charge < -0.3 is 20.3 Å². The first-order chi connectivity index (χ1) is 36.0. The molecule has 0 saturated carbocycles. The summed E-state index contributed by atoms with van der Waals surface area (Å²) in [6.07, 6.45) is 78.1. The number of rotatable bonds is 62. The molecule has 2 unspecified atom stereocenters. The number of carbonyl (C=O) groups excluding carboxylic acids is 2. The lowest BCUT2D eigenvalue weighted by molar-refractivity contribution is -0.143. The van der Waals surface area contributed by atoms with Crippen LogP contribution in [0.2, 0.25) is 0 Å². The first-order valence-electron chi connectivity index (χ1n) is 33.1. The molecule has 2 atom stereocenters. The van der Waals surface area contributed by atoms with Crippen LogP contribution >= 0.6 is 0 Å². The number of carbonyl (C=O) groups is 2. The molecular weight excluding hydrogens is 899 g/mol. The molecule has 6 nitrogen and oxygen atoms in total. The minimum Gasteiger partial charge on any atom is -0.466 e. The topological polar surface area (TPSA) is 95.9 Å². The Morgan fingerprint density at radius 1 is 0.370 bits per heavy atom. The molecule has 6 heteroatoms. The van der Waals surface area contributed by atoms with Crippen LogP contribution < -0.4 is 5.32 Å². The Kier molecular flexibility index (Phi) is 61.4. The van der Waals surface area contributed by atoms with Crippen LogP contribution in [0.5, 0.6) is 0 Å². The molecule has 0 spiro atoms. The third-order valence-electron chi connectivity index (χ3n) is 15.5. The maximum absolute atomic E-state index is 12.5. The smallest absolute Gasteiger partial charge is 0.305 e. The fourth-order valence-corrected chi connectivity index (χ4v) is 10.4. The van der Waals surface area contributed by atoms with E-state index in [0.717, 1.165) is 44.9 Å². The number of nitrogens with one attached hydrogen (secondary N) is 1. The molecule has 0 aliphatic heterocycles. The van der Waals surface area contributed by atoms with Crippen molar-refractivity contribution >= 4 is 11.9 Å². The molecule has 0 bridgehead atoms. The summed E-state index contributed by atoms with van der Waals surface area (Å²) in [6, 6.07) is -0.626. The number of amides is 1. The maximum Gasteiger partial charge on any atom is 0.305 e. The lowest BCUT2D eigenvalue weighted by Gasteiger charge is -2.20. The van der Waals surface area contributed by atoms with E-state index >= 15 is 0 Å². The molecule has 0 saturated heterocycles. The van der Waals surface area contributed by atoms with Gasteiger partial charge in [-0.15, -0.1) is 0 Å². The summed E-state index contributed by atoms with van der Waals surface area (Å²) in [5.41, 5.74) is 0. The summed E-state index contributed by atoms with van der Waals surface area (Å²) in [5.74, 6) is -0.0556. The third kappa shape index (κ3) is 59.4. The molecule has 73 heavy (non-hydrogen) atoms. The third-order valence-corrected chi connectivity index (χ3v) is 15.5. The minimum absolute atomic E-state index is 0.00715. The van der Waals surface area contributed by atoms with Gasteiger partial charge in [0.05, 0.1) is 25.4 Å². The van der Waals surface area contributed by atoms with Gasteiger partial charge in [0.1, 0.15) is 0 Å². The Labute approximate surface area is 456 Å². The lowest BCUT2D eigenvalue weighted by Crippen LogP contribution is -2.45. The number of unbranched alkanes of at least 4 members (excludes halogenated alkanes) is 49. The van der Waals surface area contributed by atoms with Crippen molar-refractivity contribution in [3.05, 3.63) is 24.3 Å². The SMILES string of the molecule is CCCCC/C=C\CCCCCCCC(=O)OCCCCCCCCCCCCCCCCCCCCCCCCCCCCC(=O)NC(CO)C(O)/C=C/CCCCCCCCCCCCCCCCCC. The van der Waals surface area contributed by atoms with E-state index in [4.69, 9.17) is 4.74 Å². The molecule has 0 heterocycles. The van der Waals surface area contributed by atoms with Crippen LogP contribution in [0.25, 0.3) is 0 Å². The highest BCUT2D eigenvalue weighted by Crippen LogP contribution is 2.18. The van der Waals surface area contributed by atoms with Gasteiger partial charge in [-0.1, -0.05) is 321 Å². The van der Waals surface area contributed by atoms with Crippen molar-refractivity contribution in [3.8, 4) is 0 Å². The van der Waals surface area contributed by atoms with Crippen molar-refractivity contribution < 1.29 is 24.5 Å². The predicted octanol–water partition coefficient (Wildman–Crippen LogP) is 21.0. The molecule has 0 fully saturated rings. The highest BCUT2D eigenvalue weighted by Gasteiger charge is 2.18. The zero-order valence-electron chi connectivity index (χ0n) is 49.4. The Hall–Kier alpha value is -1.66. The standard InChI is InChI=1S/C67H129NO5/c1-3-5-7-9-11-13-15-17-18-19-30-33-36-39-43-47-51-55-59-65(70)64(63-69)68-66(71)60-56-52-48-44-40-37-34-31-28-26-24-22-20-21-23-25-27-29-32-35-38-42-46-50-54-58-62-73-67(72)61-57-53-49-45-41-16-14-12-10-8-6-4-2/h12,14,55,59,64-65,69-70H,3-11,13,15-54,56-58,60-63H2,1-2H3,(H,68,71)/b14-12-,59-55+. The fraction of sp³-hybridized carbons (Fsp3) is 0.910. The van der Waals surface area contributed by atoms with Gasteiger partial charge in [-0.25, -0.2) is 0 Å². The molecule has 0 aromatic carbocycles. The van der Waals surface area contributed by atoms with Gasteiger partial charge in [0, 0.05) is 12.8 Å². The van der Waals surface area contributed by atoms with Gasteiger partial charge in [0.25, 0.3) is 0 Å². The summed E-state index contributed by atoms with van der Waals surface area (Å²) < 4.78 is 5.47. The highest BCUT2D eigenvalue weighted by molar-refractivity contribution is 5.76. The first kappa shape index (κ1) is 71.3. The number of hydrogen-bond donors (Lipinski definition) is 3. The van der Waals surface area contributed by atoms with E-state index in [2.05, 4.69) is 31.3 Å². The van der Waals surface area contributed by atoms with E-state index in [1.54, 1.807) is 6.08 Å². The van der Waals surface area contributed by atoms with Crippen molar-refractivity contribution in [1.29, 1.82) is 0 Å². The van der Waals surface area contributed by atoms with E-state index in [-0.39, 0.29) is 18.5 Å². The quantitative estimate of drug-likeness (QED) is 0.0320. The second-order valence-corrected chi connectivity index (χ2v) is 22.8. The Balaban J connectivity index is 3.38. The van der Waals surface area contributed by atoms with Gasteiger partial charge >= 0.3 is 5.97 Å². The van der Waals surface area contributed by atoms with Crippen molar-refractivity contribution in [2.24, 2.45) is 0 Å². The highest BCUT2D eigenvalue weighted by atomic mass is 16.5. The number of aliphatic hydroxyl groups is 2. The molecule has 0 rings (SSSR count). The van der Waals surface area contributed by atoms with Crippen molar-refractivity contribution in [2.75, 3.05) is 13.2 Å². The summed E-state index contributed by atoms with van der Waals surface area (Å²) in [7, 11) is 0. The zero-order chi connectivity index (χ0) is 52.9. The number of ether oxygens (including phenoxy) is 1. The first-order valence-corrected chi connectivity index (χ1v) is 33.1. The Morgan fingerprint density at radius 3 is 1.00 bits per heavy atom. The summed E-state index contributed by atoms with van der Waals surface area (Å²) in [4.78, 5) is 24.5. The van der Waals surface area contributed by atoms with Crippen molar-refractivity contribution in [2.45, 2.75) is 379 Å². The normalized spacial score (nSPS) is 12.7. The molecule has 432 valence electrons. The van der Waals surface area contributed by atoms with Gasteiger partial charge in [-0.3, -0.25) is 9.59 Å². The Morgan fingerprint density at radius 2 is 0.644 bits per heavy atom. The van der Waals surface area contributed by atoms with Gasteiger partial charge in [-0.2, -0.15) is 0 Å². The van der Waals surface area contributed by atoms with Crippen LogP contribution in [0.15, 0.2) is 24.3 Å². The van der Waals surface area contributed by atoms with Crippen LogP contribution in [-0.2, 0) is 14.3 Å². The monoisotopic (exact) mass is 1030 g/mol. The van der Waals surface area contributed by atoms with E-state index in [1.807, 2.05) is 6.08 Å². The summed E-state index contributed by atoms with van der Waals surface area (Å²) in [6.45, 7) is 4.91. The summed E-state index contributed by atoms with van der Waals surface area (Å²) in [5, 5.41) is 23.2. The van der Waals surface area contributed by atoms with Gasteiger partial charge in [0.15, 0.2) is 0 Å². The number of hydrogen-bond acceptors (Lipinski definition) is 5. The van der Waals surface area contributed by atoms with Crippen molar-refractivity contribution in [3.63, 3.8) is 0 Å². The van der Waals surface area contributed by atoms with Crippen molar-refractivity contribution in [1.82, 2.24) is 5.32 Å². The second-order valence-electron chi connectivity index (χ2n) is 22.8. The Bertz CT molecular complexity index is 1140. The van der Waals surface area contributed by atoms with Crippen LogP contribution in [0.4, 0.5) is 0 Å². The van der Waals surface area contributed by atoms with Crippen LogP contribution in [0.1, 0.15) is 367 Å². The van der Waals surface area contributed by atoms with E-state index in [1.165, 1.54) is 295 Å². The fourth-order valence-electron chi connectivity index (χ4n) is 10.4. The van der Waals surface area contributed by atoms with E-state index in [0.29, 0.717) is 19.4 Å². The molecular formula is C67H129NO5. The number of esters is 1. The predicted molar refractivity (Wildman–Crippen MR) is 320 cm³/mol. The second kappa shape index (κ2) is 62.9. The van der Waals surface area contributed by atoms with Crippen LogP contribution in [-0.4, -0.2) is 47.4 Å². The number of aliphatic hydroxyl groups excluding tert-OH is 2. The van der Waals surface area contributed by atoms with Crippen LogP contribution in [0, 0.1) is 0 Å². The molecule has 0 aromatic rings. The van der Waals surface area contributed by atoms with E-state index < -0.39 is 12.1 Å². The number of allylic oxidation sites excluding steroid dienone is 3. The average molecular weight is 1030 g/mol. The summed E-state index contributed by atoms with van der Waals surface area (Å²) >= 11 is 0. The maximum atomic E-state index is 12.5. The largest absolute Gasteiger partial charge is 0.466 e. The molecule has 0 radical (unpaired) electrons. The molecule has 0 aromatic heterocycles. The molecule has 1 amide bonds. The van der Waals surface area contributed by atoms with Gasteiger partial charge in [-0.05, 0) is 57.8 Å². The molecule has 0 aliphatic rings. The van der Waals surface area contributed by atoms with E-state index in [9.17, 15) is 19.8 Å². The van der Waals surface area contributed by atoms with Gasteiger partial charge in [0.2, 0.25) is 5.91 Å². The lowest BCUT2D eigenvalue weighted by atomic mass is 10.0. The minimum atomic E-state index is -0.843. The van der Waals surface area contributed by atoms with Crippen LogP contribution in [0.3, 0.4) is 0 Å². The molecule has 3 N–H and O–H groups in total. The zero-order valence-corrected chi connectivity index (χ0v) is 49.4.